The van der Waals surface area contributed by atoms with Crippen molar-refractivity contribution in [1.82, 2.24) is 4.57 Å². The number of nitrogens with zero attached hydrogens (tertiary/aromatic N) is 1. The smallest absolute Gasteiger partial charge is 0.164 e. The van der Waals surface area contributed by atoms with Crippen LogP contribution in [0.1, 0.15) is 29.3 Å². The molecule has 0 fully saturated rings. The maximum Gasteiger partial charge on any atom is 0.164 e. The first-order chi connectivity index (χ1) is 7.79. The Morgan fingerprint density at radius 2 is 1.94 bits per heavy atom. The molecule has 0 aliphatic carbocycles. The van der Waals surface area contributed by atoms with Gasteiger partial charge in [-0.3, -0.25) is 4.79 Å². The molecule has 1 aromatic carbocycles. The molecule has 0 atom stereocenters. The van der Waals surface area contributed by atoms with Crippen LogP contribution < -0.4 is 0 Å². The van der Waals surface area contributed by atoms with Crippen molar-refractivity contribution >= 4 is 5.78 Å². The number of hydrogen-bond donors (Lipinski definition) is 0. The summed E-state index contributed by atoms with van der Waals surface area (Å²) in [4.78, 5) is 11.5. The fraction of sp³-hybridized carbons (Fsp3) is 0.214. The fourth-order valence-electron chi connectivity index (χ4n) is 1.70. The SMILES string of the molecule is CCC(=O)c1ccn(Cc2ccccc2)c1. The van der Waals surface area contributed by atoms with Crippen LogP contribution in [0.5, 0.6) is 0 Å². The van der Waals surface area contributed by atoms with Crippen molar-refractivity contribution in [1.29, 1.82) is 0 Å². The lowest BCUT2D eigenvalue weighted by molar-refractivity contribution is 0.0988. The molecule has 0 bridgehead atoms. The van der Waals surface area contributed by atoms with E-state index >= 15 is 0 Å². The molecule has 1 aromatic heterocycles. The summed E-state index contributed by atoms with van der Waals surface area (Å²) >= 11 is 0. The molecule has 0 unspecified atom stereocenters. The van der Waals surface area contributed by atoms with E-state index in [1.54, 1.807) is 0 Å². The first kappa shape index (κ1) is 10.7. The first-order valence-electron chi connectivity index (χ1n) is 5.52. The predicted molar refractivity (Wildman–Crippen MR) is 64.6 cm³/mol. The van der Waals surface area contributed by atoms with Gasteiger partial charge in [-0.1, -0.05) is 37.3 Å². The quantitative estimate of drug-likeness (QED) is 0.715. The maximum absolute atomic E-state index is 11.5. The Hall–Kier alpha value is -1.83. The van der Waals surface area contributed by atoms with E-state index in [0.717, 1.165) is 12.1 Å². The molecule has 0 amide bonds. The van der Waals surface area contributed by atoms with Gasteiger partial charge < -0.3 is 4.57 Å². The minimum atomic E-state index is 0.201. The number of rotatable bonds is 4. The summed E-state index contributed by atoms with van der Waals surface area (Å²) in [7, 11) is 0. The van der Waals surface area contributed by atoms with Gasteiger partial charge in [0.25, 0.3) is 0 Å². The first-order valence-corrected chi connectivity index (χ1v) is 5.52. The number of ketones is 1. The Morgan fingerprint density at radius 1 is 1.19 bits per heavy atom. The second kappa shape index (κ2) is 4.79. The Balaban J connectivity index is 2.12. The molecule has 0 aliphatic rings. The van der Waals surface area contributed by atoms with Gasteiger partial charge in [0.2, 0.25) is 0 Å². The molecule has 82 valence electrons. The van der Waals surface area contributed by atoms with Crippen molar-refractivity contribution in [2.75, 3.05) is 0 Å². The van der Waals surface area contributed by atoms with E-state index in [-0.39, 0.29) is 5.78 Å². The topological polar surface area (TPSA) is 22.0 Å². The van der Waals surface area contributed by atoms with Crippen molar-refractivity contribution in [3.63, 3.8) is 0 Å². The second-order valence-corrected chi connectivity index (χ2v) is 3.83. The summed E-state index contributed by atoms with van der Waals surface area (Å²) < 4.78 is 2.04. The molecule has 2 nitrogen and oxygen atoms in total. The average Bonchev–Trinajstić information content (AvgIpc) is 2.78. The zero-order valence-corrected chi connectivity index (χ0v) is 9.39. The molecule has 2 rings (SSSR count). The summed E-state index contributed by atoms with van der Waals surface area (Å²) in [6, 6.07) is 12.1. The van der Waals surface area contributed by atoms with E-state index in [1.807, 2.05) is 48.1 Å². The van der Waals surface area contributed by atoms with Gasteiger partial charge in [-0.05, 0) is 11.6 Å². The van der Waals surface area contributed by atoms with Crippen LogP contribution in [-0.4, -0.2) is 10.4 Å². The number of Topliss-reactive ketones (excluding diaryl/α,β-unsaturated/α-hetero) is 1. The summed E-state index contributed by atoms with van der Waals surface area (Å²) in [6.45, 7) is 2.70. The fourth-order valence-corrected chi connectivity index (χ4v) is 1.70. The molecule has 0 aliphatic heterocycles. The molecule has 0 N–H and O–H groups in total. The Labute approximate surface area is 95.5 Å². The lowest BCUT2D eigenvalue weighted by atomic mass is 10.2. The lowest BCUT2D eigenvalue weighted by Crippen LogP contribution is -1.97. The van der Waals surface area contributed by atoms with Crippen LogP contribution in [-0.2, 0) is 6.54 Å². The highest BCUT2D eigenvalue weighted by molar-refractivity contribution is 5.95. The number of benzene rings is 1. The van der Waals surface area contributed by atoms with Gasteiger partial charge in [-0.15, -0.1) is 0 Å². The number of hydrogen-bond acceptors (Lipinski definition) is 1. The highest BCUT2D eigenvalue weighted by Gasteiger charge is 2.04. The highest BCUT2D eigenvalue weighted by atomic mass is 16.1. The van der Waals surface area contributed by atoms with Crippen LogP contribution in [0.25, 0.3) is 0 Å². The van der Waals surface area contributed by atoms with Crippen LogP contribution in [0, 0.1) is 0 Å². The normalized spacial score (nSPS) is 10.3. The van der Waals surface area contributed by atoms with Crippen LogP contribution in [0.2, 0.25) is 0 Å². The molecule has 0 spiro atoms. The van der Waals surface area contributed by atoms with E-state index in [0.29, 0.717) is 6.42 Å². The van der Waals surface area contributed by atoms with Gasteiger partial charge in [0.15, 0.2) is 5.78 Å². The monoisotopic (exact) mass is 213 g/mol. The highest BCUT2D eigenvalue weighted by Crippen LogP contribution is 2.08. The van der Waals surface area contributed by atoms with Crippen LogP contribution in [0.4, 0.5) is 0 Å². The third kappa shape index (κ3) is 2.40. The summed E-state index contributed by atoms with van der Waals surface area (Å²) in [6.07, 6.45) is 4.43. The van der Waals surface area contributed by atoms with Crippen molar-refractivity contribution in [3.8, 4) is 0 Å². The molecule has 16 heavy (non-hydrogen) atoms. The molecule has 2 aromatic rings. The van der Waals surface area contributed by atoms with Gasteiger partial charge >= 0.3 is 0 Å². The van der Waals surface area contributed by atoms with Gasteiger partial charge in [-0.2, -0.15) is 0 Å². The molecule has 0 saturated carbocycles. The summed E-state index contributed by atoms with van der Waals surface area (Å²) in [5.74, 6) is 0.201. The summed E-state index contributed by atoms with van der Waals surface area (Å²) in [5, 5.41) is 0. The molecule has 2 heteroatoms. The van der Waals surface area contributed by atoms with E-state index in [1.165, 1.54) is 5.56 Å². The second-order valence-electron chi connectivity index (χ2n) is 3.83. The van der Waals surface area contributed by atoms with Crippen LogP contribution >= 0.6 is 0 Å². The van der Waals surface area contributed by atoms with Gasteiger partial charge in [0, 0.05) is 30.9 Å². The third-order valence-corrected chi connectivity index (χ3v) is 2.60. The van der Waals surface area contributed by atoms with Gasteiger partial charge in [0.05, 0.1) is 0 Å². The van der Waals surface area contributed by atoms with E-state index in [4.69, 9.17) is 0 Å². The minimum absolute atomic E-state index is 0.201. The van der Waals surface area contributed by atoms with Crippen molar-refractivity contribution in [2.24, 2.45) is 0 Å². The Kier molecular flexibility index (Phi) is 3.20. The van der Waals surface area contributed by atoms with Crippen molar-refractivity contribution in [3.05, 3.63) is 59.9 Å². The maximum atomic E-state index is 11.5. The zero-order chi connectivity index (χ0) is 11.4. The zero-order valence-electron chi connectivity index (χ0n) is 9.39. The molecule has 0 radical (unpaired) electrons. The standard InChI is InChI=1S/C14H15NO/c1-2-14(16)13-8-9-15(11-13)10-12-6-4-3-5-7-12/h3-9,11H,2,10H2,1H3. The van der Waals surface area contributed by atoms with Gasteiger partial charge in [0.1, 0.15) is 0 Å². The van der Waals surface area contributed by atoms with Crippen molar-refractivity contribution in [2.45, 2.75) is 19.9 Å². The molecular weight excluding hydrogens is 198 g/mol. The Bertz CT molecular complexity index is 470. The Morgan fingerprint density at radius 3 is 2.62 bits per heavy atom. The van der Waals surface area contributed by atoms with Crippen LogP contribution in [0.15, 0.2) is 48.8 Å². The molecule has 0 saturated heterocycles. The molecular formula is C14H15NO. The largest absolute Gasteiger partial charge is 0.349 e. The number of carbonyl (C=O) groups is 1. The molecule has 1 heterocycles. The third-order valence-electron chi connectivity index (χ3n) is 2.60. The van der Waals surface area contributed by atoms with Crippen LogP contribution in [0.3, 0.4) is 0 Å². The predicted octanol–water partition coefficient (Wildman–Crippen LogP) is 3.13. The van der Waals surface area contributed by atoms with E-state index in [9.17, 15) is 4.79 Å². The lowest BCUT2D eigenvalue weighted by Gasteiger charge is -2.02. The number of aromatic nitrogens is 1. The summed E-state index contributed by atoms with van der Waals surface area (Å²) in [5.41, 5.74) is 2.05. The van der Waals surface area contributed by atoms with E-state index < -0.39 is 0 Å². The minimum Gasteiger partial charge on any atom is -0.349 e. The number of carbonyl (C=O) groups excluding carboxylic acids is 1. The average molecular weight is 213 g/mol. The van der Waals surface area contributed by atoms with Crippen molar-refractivity contribution < 1.29 is 4.79 Å². The van der Waals surface area contributed by atoms with E-state index in [2.05, 4.69) is 12.1 Å². The van der Waals surface area contributed by atoms with Gasteiger partial charge in [-0.25, -0.2) is 0 Å².